The number of benzene rings is 2. The Hall–Kier alpha value is -2.47. The zero-order valence-electron chi connectivity index (χ0n) is 10.9. The lowest BCUT2D eigenvalue weighted by Crippen LogP contribution is -2.19. The fourth-order valence-corrected chi connectivity index (χ4v) is 2.15. The number of para-hydroxylation sites is 1. The van der Waals surface area contributed by atoms with Crippen LogP contribution in [0.4, 0.5) is 0 Å². The molecule has 96 valence electrons. The molecule has 2 aromatic carbocycles. The summed E-state index contributed by atoms with van der Waals surface area (Å²) in [6.45, 7) is 4.11. The standard InChI is InChI=1S/C16H15NO2/c1-16(2,12-7-9-13(18)10-8-12)14-5-3-4-6-15(14)19-11-17/h3-10,18H,1-2H3. The third kappa shape index (κ3) is 2.53. The Morgan fingerprint density at radius 1 is 1.05 bits per heavy atom. The van der Waals surface area contributed by atoms with Gasteiger partial charge in [-0.1, -0.05) is 44.2 Å². The van der Waals surface area contributed by atoms with Gasteiger partial charge in [-0.2, -0.15) is 0 Å². The van der Waals surface area contributed by atoms with Crippen LogP contribution in [0.25, 0.3) is 0 Å². The third-order valence-corrected chi connectivity index (χ3v) is 3.30. The summed E-state index contributed by atoms with van der Waals surface area (Å²) >= 11 is 0. The molecule has 0 saturated carbocycles. The summed E-state index contributed by atoms with van der Waals surface area (Å²) in [5.74, 6) is 0.796. The van der Waals surface area contributed by atoms with Crippen LogP contribution in [-0.4, -0.2) is 5.11 Å². The van der Waals surface area contributed by atoms with Crippen molar-refractivity contribution in [1.82, 2.24) is 0 Å². The van der Waals surface area contributed by atoms with E-state index in [1.165, 1.54) is 0 Å². The highest BCUT2D eigenvalue weighted by Gasteiger charge is 2.26. The molecule has 0 aromatic heterocycles. The van der Waals surface area contributed by atoms with Gasteiger partial charge in [-0.15, -0.1) is 5.26 Å². The molecule has 0 saturated heterocycles. The first-order valence-corrected chi connectivity index (χ1v) is 6.00. The van der Waals surface area contributed by atoms with Crippen LogP contribution in [0.1, 0.15) is 25.0 Å². The minimum absolute atomic E-state index is 0.237. The highest BCUT2D eigenvalue weighted by Crippen LogP contribution is 2.37. The Bertz CT molecular complexity index is 609. The summed E-state index contributed by atoms with van der Waals surface area (Å²) in [5, 5.41) is 18.1. The zero-order valence-corrected chi connectivity index (χ0v) is 10.9. The van der Waals surface area contributed by atoms with Gasteiger partial charge < -0.3 is 9.84 Å². The minimum atomic E-state index is -0.318. The van der Waals surface area contributed by atoms with E-state index in [9.17, 15) is 5.11 Å². The van der Waals surface area contributed by atoms with Crippen LogP contribution in [-0.2, 0) is 5.41 Å². The Kier molecular flexibility index (Phi) is 3.43. The highest BCUT2D eigenvalue weighted by atomic mass is 16.5. The number of hydrogen-bond acceptors (Lipinski definition) is 3. The van der Waals surface area contributed by atoms with Crippen molar-refractivity contribution in [3.63, 3.8) is 0 Å². The number of hydrogen-bond donors (Lipinski definition) is 1. The summed E-state index contributed by atoms with van der Waals surface area (Å²) in [7, 11) is 0. The van der Waals surface area contributed by atoms with Crippen LogP contribution in [0.2, 0.25) is 0 Å². The molecule has 0 aliphatic rings. The molecule has 0 bridgehead atoms. The van der Waals surface area contributed by atoms with Crippen LogP contribution in [0, 0.1) is 11.5 Å². The topological polar surface area (TPSA) is 53.2 Å². The molecule has 0 spiro atoms. The molecule has 2 aromatic rings. The lowest BCUT2D eigenvalue weighted by molar-refractivity contribution is 0.473. The van der Waals surface area contributed by atoms with Crippen molar-refractivity contribution in [3.05, 3.63) is 59.7 Å². The SMILES string of the molecule is CC(C)(c1ccc(O)cc1)c1ccccc1OC#N. The molecule has 0 heterocycles. The molecule has 3 nitrogen and oxygen atoms in total. The van der Waals surface area contributed by atoms with Gasteiger partial charge >= 0.3 is 0 Å². The smallest absolute Gasteiger partial charge is 0.292 e. The van der Waals surface area contributed by atoms with Crippen molar-refractivity contribution in [2.24, 2.45) is 0 Å². The van der Waals surface area contributed by atoms with Gasteiger partial charge in [0.25, 0.3) is 6.26 Å². The van der Waals surface area contributed by atoms with Gasteiger partial charge in [0.1, 0.15) is 11.5 Å². The van der Waals surface area contributed by atoms with Gasteiger partial charge in [0, 0.05) is 11.0 Å². The van der Waals surface area contributed by atoms with E-state index in [0.717, 1.165) is 11.1 Å². The molecule has 0 amide bonds. The Morgan fingerprint density at radius 2 is 1.68 bits per heavy atom. The van der Waals surface area contributed by atoms with Crippen molar-refractivity contribution in [2.75, 3.05) is 0 Å². The van der Waals surface area contributed by atoms with E-state index in [1.807, 2.05) is 30.3 Å². The maximum atomic E-state index is 9.36. The van der Waals surface area contributed by atoms with E-state index >= 15 is 0 Å². The normalized spacial score (nSPS) is 10.8. The van der Waals surface area contributed by atoms with Crippen LogP contribution < -0.4 is 4.74 Å². The summed E-state index contributed by atoms with van der Waals surface area (Å²) in [4.78, 5) is 0. The Morgan fingerprint density at radius 3 is 2.32 bits per heavy atom. The summed E-state index contributed by atoms with van der Waals surface area (Å²) in [6, 6.07) is 14.5. The first-order valence-electron chi connectivity index (χ1n) is 6.00. The van der Waals surface area contributed by atoms with Crippen LogP contribution in [0.3, 0.4) is 0 Å². The number of phenolic OH excluding ortho intramolecular Hbond substituents is 1. The fraction of sp³-hybridized carbons (Fsp3) is 0.188. The number of nitriles is 1. The Balaban J connectivity index is 2.50. The molecule has 0 unspecified atom stereocenters. The molecular weight excluding hydrogens is 238 g/mol. The first-order chi connectivity index (χ1) is 9.05. The molecule has 0 fully saturated rings. The largest absolute Gasteiger partial charge is 0.508 e. The number of aromatic hydroxyl groups is 1. The average Bonchev–Trinajstić information content (AvgIpc) is 2.40. The summed E-state index contributed by atoms with van der Waals surface area (Å²) in [6.07, 6.45) is 1.72. The van der Waals surface area contributed by atoms with Gasteiger partial charge in [0.15, 0.2) is 0 Å². The van der Waals surface area contributed by atoms with E-state index in [2.05, 4.69) is 13.8 Å². The maximum absolute atomic E-state index is 9.36. The third-order valence-electron chi connectivity index (χ3n) is 3.30. The predicted molar refractivity (Wildman–Crippen MR) is 72.9 cm³/mol. The summed E-state index contributed by atoms with van der Waals surface area (Å²) in [5.41, 5.74) is 1.66. The van der Waals surface area contributed by atoms with Gasteiger partial charge in [0.2, 0.25) is 0 Å². The summed E-state index contributed by atoms with van der Waals surface area (Å²) < 4.78 is 5.02. The van der Waals surface area contributed by atoms with Crippen molar-refractivity contribution in [3.8, 4) is 17.8 Å². The molecule has 2 rings (SSSR count). The van der Waals surface area contributed by atoms with Crippen molar-refractivity contribution < 1.29 is 9.84 Å². The van der Waals surface area contributed by atoms with Crippen LogP contribution >= 0.6 is 0 Å². The van der Waals surface area contributed by atoms with Crippen molar-refractivity contribution >= 4 is 0 Å². The molecule has 0 radical (unpaired) electrons. The van der Waals surface area contributed by atoms with Gasteiger partial charge in [-0.25, -0.2) is 0 Å². The number of rotatable bonds is 3. The van der Waals surface area contributed by atoms with Crippen LogP contribution in [0.15, 0.2) is 48.5 Å². The van der Waals surface area contributed by atoms with E-state index in [0.29, 0.717) is 5.75 Å². The average molecular weight is 253 g/mol. The molecule has 0 aliphatic heterocycles. The zero-order chi connectivity index (χ0) is 13.9. The fourth-order valence-electron chi connectivity index (χ4n) is 2.15. The first kappa shape index (κ1) is 13.0. The minimum Gasteiger partial charge on any atom is -0.508 e. The van der Waals surface area contributed by atoms with Gasteiger partial charge in [0.05, 0.1) is 0 Å². The second-order valence-electron chi connectivity index (χ2n) is 4.86. The highest BCUT2D eigenvalue weighted by molar-refractivity contribution is 5.47. The predicted octanol–water partition coefficient (Wildman–Crippen LogP) is 3.58. The number of ether oxygens (including phenoxy) is 1. The quantitative estimate of drug-likeness (QED) is 0.851. The van der Waals surface area contributed by atoms with Crippen LogP contribution in [0.5, 0.6) is 11.5 Å². The molecule has 0 atom stereocenters. The van der Waals surface area contributed by atoms with E-state index in [4.69, 9.17) is 10.00 Å². The monoisotopic (exact) mass is 253 g/mol. The van der Waals surface area contributed by atoms with Gasteiger partial charge in [-0.3, -0.25) is 0 Å². The lowest BCUT2D eigenvalue weighted by atomic mass is 9.77. The van der Waals surface area contributed by atoms with E-state index < -0.39 is 0 Å². The van der Waals surface area contributed by atoms with Crippen molar-refractivity contribution in [1.29, 1.82) is 5.26 Å². The maximum Gasteiger partial charge on any atom is 0.292 e. The second-order valence-corrected chi connectivity index (χ2v) is 4.86. The molecule has 0 aliphatic carbocycles. The molecule has 3 heteroatoms. The molecular formula is C16H15NO2. The van der Waals surface area contributed by atoms with E-state index in [-0.39, 0.29) is 11.2 Å². The lowest BCUT2D eigenvalue weighted by Gasteiger charge is -2.27. The molecule has 1 N–H and O–H groups in total. The Labute approximate surface area is 112 Å². The van der Waals surface area contributed by atoms with Gasteiger partial charge in [-0.05, 0) is 23.8 Å². The van der Waals surface area contributed by atoms with E-state index in [1.54, 1.807) is 24.5 Å². The molecule has 19 heavy (non-hydrogen) atoms. The second kappa shape index (κ2) is 5.03. The van der Waals surface area contributed by atoms with Crippen molar-refractivity contribution in [2.45, 2.75) is 19.3 Å². The number of phenols is 1. The number of nitrogens with zero attached hydrogens (tertiary/aromatic N) is 1.